The summed E-state index contributed by atoms with van der Waals surface area (Å²) >= 11 is 0. The number of nitrogens with zero attached hydrogens (tertiary/aromatic N) is 1. The third kappa shape index (κ3) is 2.45. The Morgan fingerprint density at radius 1 is 1.42 bits per heavy atom. The van der Waals surface area contributed by atoms with E-state index in [2.05, 4.69) is 15.5 Å². The molecule has 0 atom stereocenters. The van der Waals surface area contributed by atoms with Gasteiger partial charge in [0.25, 0.3) is 0 Å². The summed E-state index contributed by atoms with van der Waals surface area (Å²) in [7, 11) is 1.63. The van der Waals surface area contributed by atoms with Crippen molar-refractivity contribution in [2.75, 3.05) is 12.4 Å². The molecule has 1 aliphatic rings. The number of amides is 1. The van der Waals surface area contributed by atoms with Crippen LogP contribution >= 0.6 is 0 Å². The van der Waals surface area contributed by atoms with Crippen LogP contribution in [0.4, 0.5) is 5.82 Å². The Morgan fingerprint density at radius 2 is 2.21 bits per heavy atom. The van der Waals surface area contributed by atoms with Gasteiger partial charge in [-0.3, -0.25) is 9.89 Å². The maximum absolute atomic E-state index is 11.7. The van der Waals surface area contributed by atoms with Gasteiger partial charge in [-0.1, -0.05) is 12.1 Å². The van der Waals surface area contributed by atoms with Crippen LogP contribution in [0.5, 0.6) is 5.75 Å². The molecule has 2 N–H and O–H groups in total. The third-order valence-electron chi connectivity index (χ3n) is 3.17. The molecule has 0 aliphatic heterocycles. The number of aromatic nitrogens is 2. The van der Waals surface area contributed by atoms with E-state index in [4.69, 9.17) is 4.74 Å². The summed E-state index contributed by atoms with van der Waals surface area (Å²) in [6.07, 6.45) is 1.96. The molecule has 1 saturated carbocycles. The maximum atomic E-state index is 11.7. The van der Waals surface area contributed by atoms with Crippen molar-refractivity contribution in [2.24, 2.45) is 5.92 Å². The second-order valence-electron chi connectivity index (χ2n) is 4.63. The summed E-state index contributed by atoms with van der Waals surface area (Å²) in [5.41, 5.74) is 1.74. The number of aromatic amines is 1. The Morgan fingerprint density at radius 3 is 2.95 bits per heavy atom. The van der Waals surface area contributed by atoms with Crippen LogP contribution in [-0.4, -0.2) is 23.2 Å². The summed E-state index contributed by atoms with van der Waals surface area (Å²) in [6.45, 7) is 0. The first-order valence-electron chi connectivity index (χ1n) is 6.27. The summed E-state index contributed by atoms with van der Waals surface area (Å²) in [5.74, 6) is 1.55. The summed E-state index contributed by atoms with van der Waals surface area (Å²) in [5, 5.41) is 9.83. The molecule has 1 aliphatic carbocycles. The minimum Gasteiger partial charge on any atom is -0.496 e. The normalized spacial score (nSPS) is 14.2. The van der Waals surface area contributed by atoms with Crippen molar-refractivity contribution in [2.45, 2.75) is 12.8 Å². The number of methoxy groups -OCH3 is 1. The summed E-state index contributed by atoms with van der Waals surface area (Å²) in [6, 6.07) is 9.49. The molecular formula is C14H15N3O2. The number of hydrogen-bond donors (Lipinski definition) is 2. The molecule has 5 heteroatoms. The van der Waals surface area contributed by atoms with E-state index in [-0.39, 0.29) is 11.8 Å². The molecule has 0 unspecified atom stereocenters. The number of para-hydroxylation sites is 1. The first-order valence-corrected chi connectivity index (χ1v) is 6.27. The Kier molecular flexibility index (Phi) is 2.95. The molecule has 3 rings (SSSR count). The van der Waals surface area contributed by atoms with Crippen LogP contribution in [0.2, 0.25) is 0 Å². The lowest BCUT2D eigenvalue weighted by Crippen LogP contribution is -2.13. The molecule has 1 heterocycles. The fourth-order valence-corrected chi connectivity index (χ4v) is 1.96. The standard InChI is InChI=1S/C14H15N3O2/c1-19-12-5-3-2-4-10(12)11-8-13(17-16-11)15-14(18)9-6-7-9/h2-5,8-9H,6-7H2,1H3,(H2,15,16,17,18). The number of hydrogen-bond acceptors (Lipinski definition) is 3. The van der Waals surface area contributed by atoms with Gasteiger partial charge in [-0.25, -0.2) is 0 Å². The summed E-state index contributed by atoms with van der Waals surface area (Å²) in [4.78, 5) is 11.7. The Bertz CT molecular complexity index is 602. The van der Waals surface area contributed by atoms with Gasteiger partial charge in [-0.15, -0.1) is 0 Å². The number of rotatable bonds is 4. The molecule has 1 amide bonds. The zero-order chi connectivity index (χ0) is 13.2. The molecule has 19 heavy (non-hydrogen) atoms. The van der Waals surface area contributed by atoms with E-state index in [1.165, 1.54) is 0 Å². The molecule has 98 valence electrons. The van der Waals surface area contributed by atoms with Gasteiger partial charge < -0.3 is 10.1 Å². The quantitative estimate of drug-likeness (QED) is 0.884. The van der Waals surface area contributed by atoms with Crippen molar-refractivity contribution in [3.8, 4) is 17.0 Å². The van der Waals surface area contributed by atoms with Crippen molar-refractivity contribution in [1.29, 1.82) is 0 Å². The highest BCUT2D eigenvalue weighted by molar-refractivity contribution is 5.93. The lowest BCUT2D eigenvalue weighted by Gasteiger charge is -2.05. The Balaban J connectivity index is 1.82. The Hall–Kier alpha value is -2.30. The molecule has 0 radical (unpaired) electrons. The van der Waals surface area contributed by atoms with Gasteiger partial charge in [0.15, 0.2) is 5.82 Å². The smallest absolute Gasteiger partial charge is 0.228 e. The first-order chi connectivity index (χ1) is 9.28. The van der Waals surface area contributed by atoms with E-state index in [0.717, 1.165) is 29.8 Å². The number of carbonyl (C=O) groups excluding carboxylic acids is 1. The zero-order valence-electron chi connectivity index (χ0n) is 10.6. The fourth-order valence-electron chi connectivity index (χ4n) is 1.96. The third-order valence-corrected chi connectivity index (χ3v) is 3.17. The summed E-state index contributed by atoms with van der Waals surface area (Å²) < 4.78 is 5.30. The first kappa shape index (κ1) is 11.8. The minimum absolute atomic E-state index is 0.0538. The monoisotopic (exact) mass is 257 g/mol. The van der Waals surface area contributed by atoms with Gasteiger partial charge in [0, 0.05) is 17.5 Å². The number of anilines is 1. The highest BCUT2D eigenvalue weighted by Crippen LogP contribution is 2.31. The molecule has 0 spiro atoms. The van der Waals surface area contributed by atoms with E-state index in [0.29, 0.717) is 5.82 Å². The predicted molar refractivity (Wildman–Crippen MR) is 71.9 cm³/mol. The fraction of sp³-hybridized carbons (Fsp3) is 0.286. The number of H-pyrrole nitrogens is 1. The topological polar surface area (TPSA) is 67.0 Å². The molecule has 1 fully saturated rings. The van der Waals surface area contributed by atoms with Crippen LogP contribution in [0.15, 0.2) is 30.3 Å². The van der Waals surface area contributed by atoms with Crippen molar-refractivity contribution in [3.05, 3.63) is 30.3 Å². The average Bonchev–Trinajstić information content (AvgIpc) is 3.20. The number of benzene rings is 1. The lowest BCUT2D eigenvalue weighted by molar-refractivity contribution is -0.117. The molecule has 0 bridgehead atoms. The van der Waals surface area contributed by atoms with Crippen LogP contribution in [0, 0.1) is 5.92 Å². The highest BCUT2D eigenvalue weighted by Gasteiger charge is 2.30. The second-order valence-corrected chi connectivity index (χ2v) is 4.63. The van der Waals surface area contributed by atoms with Gasteiger partial charge in [-0.2, -0.15) is 5.10 Å². The van der Waals surface area contributed by atoms with E-state index >= 15 is 0 Å². The second kappa shape index (κ2) is 4.76. The van der Waals surface area contributed by atoms with Gasteiger partial charge >= 0.3 is 0 Å². The van der Waals surface area contributed by atoms with Crippen LogP contribution in [0.25, 0.3) is 11.3 Å². The van der Waals surface area contributed by atoms with Crippen molar-refractivity contribution in [1.82, 2.24) is 10.2 Å². The average molecular weight is 257 g/mol. The molecule has 2 aromatic rings. The lowest BCUT2D eigenvalue weighted by atomic mass is 10.1. The van der Waals surface area contributed by atoms with Crippen LogP contribution < -0.4 is 10.1 Å². The van der Waals surface area contributed by atoms with Gasteiger partial charge in [0.2, 0.25) is 5.91 Å². The zero-order valence-corrected chi connectivity index (χ0v) is 10.6. The van der Waals surface area contributed by atoms with Gasteiger partial charge in [-0.05, 0) is 25.0 Å². The molecule has 0 saturated heterocycles. The van der Waals surface area contributed by atoms with E-state index in [1.54, 1.807) is 7.11 Å². The number of ether oxygens (including phenoxy) is 1. The molecule has 5 nitrogen and oxygen atoms in total. The van der Waals surface area contributed by atoms with E-state index in [9.17, 15) is 4.79 Å². The largest absolute Gasteiger partial charge is 0.496 e. The minimum atomic E-state index is 0.0538. The van der Waals surface area contributed by atoms with Crippen LogP contribution in [0.3, 0.4) is 0 Å². The number of nitrogens with one attached hydrogen (secondary N) is 2. The van der Waals surface area contributed by atoms with E-state index in [1.807, 2.05) is 30.3 Å². The molecular weight excluding hydrogens is 242 g/mol. The van der Waals surface area contributed by atoms with Crippen LogP contribution in [0.1, 0.15) is 12.8 Å². The molecule has 1 aromatic carbocycles. The molecule has 1 aromatic heterocycles. The van der Waals surface area contributed by atoms with Gasteiger partial charge in [0.1, 0.15) is 5.75 Å². The van der Waals surface area contributed by atoms with Crippen molar-refractivity contribution in [3.63, 3.8) is 0 Å². The van der Waals surface area contributed by atoms with Crippen molar-refractivity contribution >= 4 is 11.7 Å². The Labute approximate surface area is 111 Å². The van der Waals surface area contributed by atoms with E-state index < -0.39 is 0 Å². The SMILES string of the molecule is COc1ccccc1-c1cc(NC(=O)C2CC2)n[nH]1. The number of carbonyl (C=O) groups is 1. The maximum Gasteiger partial charge on any atom is 0.228 e. The van der Waals surface area contributed by atoms with Gasteiger partial charge in [0.05, 0.1) is 12.8 Å². The highest BCUT2D eigenvalue weighted by atomic mass is 16.5. The van der Waals surface area contributed by atoms with Crippen molar-refractivity contribution < 1.29 is 9.53 Å². The van der Waals surface area contributed by atoms with Crippen LogP contribution in [-0.2, 0) is 4.79 Å². The predicted octanol–water partition coefficient (Wildman–Crippen LogP) is 2.43.